The number of hydrogen-bond donors (Lipinski definition) is 1. The molecule has 0 aliphatic carbocycles. The number of amides is 1. The van der Waals surface area contributed by atoms with E-state index in [1.807, 2.05) is 18.2 Å². The van der Waals surface area contributed by atoms with Gasteiger partial charge < -0.3 is 10.1 Å². The highest BCUT2D eigenvalue weighted by Gasteiger charge is 2.12. The SMILES string of the molecule is O=C[C@@H](CCCc1ccccc1)NC(=O)c1ccc(Cl)cc1. The molecule has 0 aliphatic heterocycles. The van der Waals surface area contributed by atoms with E-state index in [1.54, 1.807) is 24.3 Å². The zero-order valence-corrected chi connectivity index (χ0v) is 12.9. The summed E-state index contributed by atoms with van der Waals surface area (Å²) < 4.78 is 0. The van der Waals surface area contributed by atoms with Gasteiger partial charge in [0, 0.05) is 10.6 Å². The topological polar surface area (TPSA) is 46.2 Å². The van der Waals surface area contributed by atoms with Crippen LogP contribution in [0.2, 0.25) is 5.02 Å². The van der Waals surface area contributed by atoms with Crippen molar-refractivity contribution >= 4 is 23.8 Å². The number of benzene rings is 2. The van der Waals surface area contributed by atoms with Gasteiger partial charge in [-0.2, -0.15) is 0 Å². The molecule has 0 spiro atoms. The lowest BCUT2D eigenvalue weighted by molar-refractivity contribution is -0.109. The molecule has 0 heterocycles. The average molecular weight is 316 g/mol. The minimum absolute atomic E-state index is 0.256. The van der Waals surface area contributed by atoms with Crippen LogP contribution in [0.1, 0.15) is 28.8 Å². The van der Waals surface area contributed by atoms with Crippen molar-refractivity contribution < 1.29 is 9.59 Å². The number of hydrogen-bond acceptors (Lipinski definition) is 2. The van der Waals surface area contributed by atoms with Crippen LogP contribution in [0.5, 0.6) is 0 Å². The number of nitrogens with one attached hydrogen (secondary N) is 1. The molecule has 2 aromatic rings. The molecule has 3 nitrogen and oxygen atoms in total. The van der Waals surface area contributed by atoms with Gasteiger partial charge in [-0.05, 0) is 49.1 Å². The fourth-order valence-corrected chi connectivity index (χ4v) is 2.32. The summed E-state index contributed by atoms with van der Waals surface area (Å²) >= 11 is 5.79. The maximum absolute atomic E-state index is 12.0. The van der Waals surface area contributed by atoms with Gasteiger partial charge in [-0.3, -0.25) is 4.79 Å². The Balaban J connectivity index is 1.82. The Labute approximate surface area is 135 Å². The molecule has 0 saturated heterocycles. The molecule has 4 heteroatoms. The second-order valence-corrected chi connectivity index (χ2v) is 5.54. The van der Waals surface area contributed by atoms with Crippen LogP contribution in [0.3, 0.4) is 0 Å². The first-order valence-corrected chi connectivity index (χ1v) is 7.62. The molecule has 2 rings (SSSR count). The predicted molar refractivity (Wildman–Crippen MR) is 88.2 cm³/mol. The van der Waals surface area contributed by atoms with Crippen LogP contribution in [0.15, 0.2) is 54.6 Å². The van der Waals surface area contributed by atoms with Crippen molar-refractivity contribution in [3.05, 3.63) is 70.7 Å². The molecule has 22 heavy (non-hydrogen) atoms. The Hall–Kier alpha value is -2.13. The fraction of sp³-hybridized carbons (Fsp3) is 0.222. The van der Waals surface area contributed by atoms with Crippen LogP contribution >= 0.6 is 11.6 Å². The average Bonchev–Trinajstić information content (AvgIpc) is 2.55. The highest BCUT2D eigenvalue weighted by atomic mass is 35.5. The van der Waals surface area contributed by atoms with Crippen LogP contribution in [0.4, 0.5) is 0 Å². The van der Waals surface area contributed by atoms with Gasteiger partial charge in [-0.15, -0.1) is 0 Å². The van der Waals surface area contributed by atoms with E-state index >= 15 is 0 Å². The highest BCUT2D eigenvalue weighted by Crippen LogP contribution is 2.10. The van der Waals surface area contributed by atoms with Gasteiger partial charge in [0.15, 0.2) is 0 Å². The normalized spacial score (nSPS) is 11.7. The number of carbonyl (C=O) groups excluding carboxylic acids is 2. The van der Waals surface area contributed by atoms with E-state index in [4.69, 9.17) is 11.6 Å². The quantitative estimate of drug-likeness (QED) is 0.793. The Morgan fingerprint density at radius 3 is 2.41 bits per heavy atom. The van der Waals surface area contributed by atoms with Crippen molar-refractivity contribution in [2.24, 2.45) is 0 Å². The molecule has 0 radical (unpaired) electrons. The van der Waals surface area contributed by atoms with E-state index in [1.165, 1.54) is 5.56 Å². The van der Waals surface area contributed by atoms with E-state index in [0.29, 0.717) is 17.0 Å². The molecule has 0 aromatic heterocycles. The standard InChI is InChI=1S/C18H18ClNO2/c19-16-11-9-15(10-12-16)18(22)20-17(13-21)8-4-7-14-5-2-1-3-6-14/h1-3,5-6,9-13,17H,4,7-8H2,(H,20,22)/t17-/m1/s1. The van der Waals surface area contributed by atoms with Crippen LogP contribution in [-0.4, -0.2) is 18.2 Å². The summed E-state index contributed by atoms with van der Waals surface area (Å²) in [5.74, 6) is -0.256. The molecule has 114 valence electrons. The molecule has 2 aromatic carbocycles. The number of rotatable bonds is 7. The first-order chi connectivity index (χ1) is 10.7. The molecule has 1 amide bonds. The molecule has 1 N–H and O–H groups in total. The summed E-state index contributed by atoms with van der Waals surface area (Å²) in [7, 11) is 0. The van der Waals surface area contributed by atoms with E-state index in [-0.39, 0.29) is 5.91 Å². The molecular weight excluding hydrogens is 298 g/mol. The summed E-state index contributed by atoms with van der Waals surface area (Å²) in [5, 5.41) is 3.31. The molecule has 0 aliphatic rings. The summed E-state index contributed by atoms with van der Waals surface area (Å²) in [6.07, 6.45) is 3.15. The summed E-state index contributed by atoms with van der Waals surface area (Å²) in [6.45, 7) is 0. The van der Waals surface area contributed by atoms with Gasteiger partial charge in [-0.1, -0.05) is 41.9 Å². The summed E-state index contributed by atoms with van der Waals surface area (Å²) in [4.78, 5) is 23.2. The summed E-state index contributed by atoms with van der Waals surface area (Å²) in [5.41, 5.74) is 1.73. The fourth-order valence-electron chi connectivity index (χ4n) is 2.20. The van der Waals surface area contributed by atoms with Crippen molar-refractivity contribution in [2.75, 3.05) is 0 Å². The number of aldehydes is 1. The van der Waals surface area contributed by atoms with Crippen molar-refractivity contribution in [3.8, 4) is 0 Å². The first-order valence-electron chi connectivity index (χ1n) is 7.24. The second kappa shape index (κ2) is 8.35. The van der Waals surface area contributed by atoms with Crippen molar-refractivity contribution in [1.82, 2.24) is 5.32 Å². The molecule has 1 atom stereocenters. The smallest absolute Gasteiger partial charge is 0.251 e. The van der Waals surface area contributed by atoms with E-state index in [9.17, 15) is 9.59 Å². The number of carbonyl (C=O) groups is 2. The Morgan fingerprint density at radius 1 is 1.09 bits per heavy atom. The van der Waals surface area contributed by atoms with E-state index < -0.39 is 6.04 Å². The van der Waals surface area contributed by atoms with Crippen LogP contribution < -0.4 is 5.32 Å². The lowest BCUT2D eigenvalue weighted by Crippen LogP contribution is -2.36. The van der Waals surface area contributed by atoms with Gasteiger partial charge in [0.05, 0.1) is 6.04 Å². The van der Waals surface area contributed by atoms with Gasteiger partial charge in [-0.25, -0.2) is 0 Å². The van der Waals surface area contributed by atoms with E-state index in [2.05, 4.69) is 17.4 Å². The van der Waals surface area contributed by atoms with Crippen LogP contribution in [0.25, 0.3) is 0 Å². The molecule has 0 bridgehead atoms. The van der Waals surface area contributed by atoms with Crippen molar-refractivity contribution in [1.29, 1.82) is 0 Å². The Morgan fingerprint density at radius 2 is 1.77 bits per heavy atom. The number of halogens is 1. The van der Waals surface area contributed by atoms with E-state index in [0.717, 1.165) is 19.1 Å². The Kier molecular flexibility index (Phi) is 6.16. The molecule has 0 unspecified atom stereocenters. The maximum atomic E-state index is 12.0. The minimum atomic E-state index is -0.466. The van der Waals surface area contributed by atoms with Gasteiger partial charge in [0.2, 0.25) is 0 Å². The lowest BCUT2D eigenvalue weighted by Gasteiger charge is -2.13. The maximum Gasteiger partial charge on any atom is 0.251 e. The highest BCUT2D eigenvalue weighted by molar-refractivity contribution is 6.30. The second-order valence-electron chi connectivity index (χ2n) is 5.10. The predicted octanol–water partition coefficient (Wildman–Crippen LogP) is 3.66. The van der Waals surface area contributed by atoms with Gasteiger partial charge in [0.1, 0.15) is 6.29 Å². The van der Waals surface area contributed by atoms with Gasteiger partial charge in [0.25, 0.3) is 5.91 Å². The first kappa shape index (κ1) is 16.2. The third-order valence-electron chi connectivity index (χ3n) is 3.41. The minimum Gasteiger partial charge on any atom is -0.343 e. The number of aryl methyl sites for hydroxylation is 1. The van der Waals surface area contributed by atoms with Crippen LogP contribution in [0, 0.1) is 0 Å². The zero-order valence-electron chi connectivity index (χ0n) is 12.2. The summed E-state index contributed by atoms with van der Waals surface area (Å²) in [6, 6.07) is 16.2. The molecule has 0 fully saturated rings. The Bertz CT molecular complexity index is 611. The lowest BCUT2D eigenvalue weighted by atomic mass is 10.0. The molecular formula is C18H18ClNO2. The largest absolute Gasteiger partial charge is 0.343 e. The molecule has 0 saturated carbocycles. The third-order valence-corrected chi connectivity index (χ3v) is 3.66. The zero-order chi connectivity index (χ0) is 15.8. The van der Waals surface area contributed by atoms with Gasteiger partial charge >= 0.3 is 0 Å². The monoisotopic (exact) mass is 315 g/mol. The van der Waals surface area contributed by atoms with Crippen molar-refractivity contribution in [2.45, 2.75) is 25.3 Å². The van der Waals surface area contributed by atoms with Crippen LogP contribution in [-0.2, 0) is 11.2 Å². The van der Waals surface area contributed by atoms with Crippen molar-refractivity contribution in [3.63, 3.8) is 0 Å². The third kappa shape index (κ3) is 5.01.